The lowest BCUT2D eigenvalue weighted by atomic mass is 9.95. The number of aromatic nitrogens is 2. The van der Waals surface area contributed by atoms with E-state index in [1.807, 2.05) is 60.1 Å². The van der Waals surface area contributed by atoms with Gasteiger partial charge in [0, 0.05) is 31.7 Å². The Hall–Kier alpha value is -2.34. The summed E-state index contributed by atoms with van der Waals surface area (Å²) in [5.74, 6) is 0.838. The van der Waals surface area contributed by atoms with E-state index in [-0.39, 0.29) is 18.4 Å². The molecule has 0 N–H and O–H groups in total. The van der Waals surface area contributed by atoms with Gasteiger partial charge in [0.05, 0.1) is 25.0 Å². The minimum absolute atomic E-state index is 0.0211. The molecule has 24 heavy (non-hydrogen) atoms. The molecule has 0 saturated heterocycles. The monoisotopic (exact) mass is 329 g/mol. The predicted octanol–water partition coefficient (Wildman–Crippen LogP) is 1.96. The fraction of sp³-hybridized carbons (Fsp3) is 0.444. The molecule has 1 aromatic carbocycles. The highest BCUT2D eigenvalue weighted by atomic mass is 16.5. The van der Waals surface area contributed by atoms with Gasteiger partial charge in [-0.05, 0) is 19.1 Å². The van der Waals surface area contributed by atoms with Crippen LogP contribution >= 0.6 is 0 Å². The SMILES string of the molecule is CCOCC1CN(C(=O)COc2ccccc2)Cc2c1cnn2C. The third kappa shape index (κ3) is 3.59. The van der Waals surface area contributed by atoms with Crippen molar-refractivity contribution in [2.24, 2.45) is 7.05 Å². The van der Waals surface area contributed by atoms with E-state index in [2.05, 4.69) is 5.10 Å². The molecule has 0 aliphatic carbocycles. The number of hydrogen-bond acceptors (Lipinski definition) is 4. The summed E-state index contributed by atoms with van der Waals surface area (Å²) in [4.78, 5) is 14.4. The number of ether oxygens (including phenoxy) is 2. The Balaban J connectivity index is 1.67. The lowest BCUT2D eigenvalue weighted by Gasteiger charge is -2.32. The van der Waals surface area contributed by atoms with Gasteiger partial charge in [0.1, 0.15) is 5.75 Å². The Morgan fingerprint density at radius 3 is 2.88 bits per heavy atom. The first-order valence-corrected chi connectivity index (χ1v) is 8.23. The molecule has 0 radical (unpaired) electrons. The smallest absolute Gasteiger partial charge is 0.260 e. The van der Waals surface area contributed by atoms with Crippen molar-refractivity contribution in [1.82, 2.24) is 14.7 Å². The molecular weight excluding hydrogens is 306 g/mol. The average molecular weight is 329 g/mol. The summed E-state index contributed by atoms with van der Waals surface area (Å²) in [6, 6.07) is 9.39. The molecule has 2 aromatic rings. The van der Waals surface area contributed by atoms with Gasteiger partial charge in [-0.1, -0.05) is 18.2 Å². The molecule has 1 atom stereocenters. The molecule has 1 aliphatic heterocycles. The van der Waals surface area contributed by atoms with Gasteiger partial charge in [0.2, 0.25) is 0 Å². The number of fused-ring (bicyclic) bond motifs is 1. The van der Waals surface area contributed by atoms with Crippen LogP contribution in [0.2, 0.25) is 0 Å². The molecule has 128 valence electrons. The quantitative estimate of drug-likeness (QED) is 0.813. The summed E-state index contributed by atoms with van der Waals surface area (Å²) in [7, 11) is 1.91. The molecule has 0 spiro atoms. The normalized spacial score (nSPS) is 16.8. The maximum Gasteiger partial charge on any atom is 0.260 e. The van der Waals surface area contributed by atoms with Gasteiger partial charge in [-0.15, -0.1) is 0 Å². The van der Waals surface area contributed by atoms with Crippen LogP contribution in [0, 0.1) is 0 Å². The van der Waals surface area contributed by atoms with E-state index >= 15 is 0 Å². The number of carbonyl (C=O) groups excluding carboxylic acids is 1. The van der Waals surface area contributed by atoms with Gasteiger partial charge in [-0.25, -0.2) is 0 Å². The molecule has 2 heterocycles. The number of rotatable bonds is 6. The second-order valence-corrected chi connectivity index (χ2v) is 5.90. The molecule has 6 heteroatoms. The van der Waals surface area contributed by atoms with E-state index < -0.39 is 0 Å². The van der Waals surface area contributed by atoms with E-state index in [9.17, 15) is 4.79 Å². The number of nitrogens with zero attached hydrogens (tertiary/aromatic N) is 3. The van der Waals surface area contributed by atoms with Crippen LogP contribution in [0.4, 0.5) is 0 Å². The highest BCUT2D eigenvalue weighted by Crippen LogP contribution is 2.28. The van der Waals surface area contributed by atoms with Crippen LogP contribution in [-0.4, -0.2) is 47.0 Å². The van der Waals surface area contributed by atoms with Gasteiger partial charge in [0.15, 0.2) is 6.61 Å². The Labute approximate surface area is 142 Å². The van der Waals surface area contributed by atoms with Gasteiger partial charge in [-0.3, -0.25) is 9.48 Å². The fourth-order valence-corrected chi connectivity index (χ4v) is 2.97. The van der Waals surface area contributed by atoms with Gasteiger partial charge in [0.25, 0.3) is 5.91 Å². The summed E-state index contributed by atoms with van der Waals surface area (Å²) >= 11 is 0. The molecule has 1 amide bonds. The second kappa shape index (κ2) is 7.49. The summed E-state index contributed by atoms with van der Waals surface area (Å²) in [5, 5.41) is 4.34. The van der Waals surface area contributed by atoms with Gasteiger partial charge >= 0.3 is 0 Å². The largest absolute Gasteiger partial charge is 0.484 e. The molecule has 3 rings (SSSR count). The lowest BCUT2D eigenvalue weighted by molar-refractivity contribution is -0.135. The number of aryl methyl sites for hydroxylation is 1. The van der Waals surface area contributed by atoms with Crippen LogP contribution in [0.25, 0.3) is 0 Å². The van der Waals surface area contributed by atoms with E-state index in [4.69, 9.17) is 9.47 Å². The minimum atomic E-state index is -0.0211. The third-order valence-electron chi connectivity index (χ3n) is 4.30. The average Bonchev–Trinajstić information content (AvgIpc) is 2.99. The van der Waals surface area contributed by atoms with Gasteiger partial charge < -0.3 is 14.4 Å². The summed E-state index contributed by atoms with van der Waals surface area (Å²) < 4.78 is 13.0. The number of amides is 1. The van der Waals surface area contributed by atoms with Crippen LogP contribution < -0.4 is 4.74 Å². The molecule has 0 saturated carbocycles. The predicted molar refractivity (Wildman–Crippen MR) is 89.8 cm³/mol. The zero-order valence-corrected chi connectivity index (χ0v) is 14.1. The summed E-state index contributed by atoms with van der Waals surface area (Å²) in [6.45, 7) is 4.47. The van der Waals surface area contributed by atoms with Gasteiger partial charge in [-0.2, -0.15) is 5.10 Å². The highest BCUT2D eigenvalue weighted by Gasteiger charge is 2.30. The zero-order valence-electron chi connectivity index (χ0n) is 14.1. The van der Waals surface area contributed by atoms with Crippen LogP contribution in [0.1, 0.15) is 24.1 Å². The third-order valence-corrected chi connectivity index (χ3v) is 4.30. The van der Waals surface area contributed by atoms with E-state index in [0.717, 1.165) is 5.69 Å². The van der Waals surface area contributed by atoms with Crippen molar-refractivity contribution in [2.75, 3.05) is 26.4 Å². The number of hydrogen-bond donors (Lipinski definition) is 0. The molecular formula is C18H23N3O3. The first kappa shape index (κ1) is 16.5. The van der Waals surface area contributed by atoms with Crippen molar-refractivity contribution in [1.29, 1.82) is 0 Å². The maximum absolute atomic E-state index is 12.6. The Morgan fingerprint density at radius 1 is 1.33 bits per heavy atom. The number of benzene rings is 1. The Morgan fingerprint density at radius 2 is 2.12 bits per heavy atom. The summed E-state index contributed by atoms with van der Waals surface area (Å²) in [5.41, 5.74) is 2.25. The topological polar surface area (TPSA) is 56.6 Å². The van der Waals surface area contributed by atoms with Crippen molar-refractivity contribution >= 4 is 5.91 Å². The maximum atomic E-state index is 12.6. The van der Waals surface area contributed by atoms with Crippen molar-refractivity contribution in [3.63, 3.8) is 0 Å². The van der Waals surface area contributed by atoms with E-state index in [1.54, 1.807) is 0 Å². The van der Waals surface area contributed by atoms with Crippen molar-refractivity contribution in [3.05, 3.63) is 47.8 Å². The van der Waals surface area contributed by atoms with Crippen LogP contribution in [-0.2, 0) is 23.1 Å². The molecule has 6 nitrogen and oxygen atoms in total. The molecule has 1 aliphatic rings. The van der Waals surface area contributed by atoms with Crippen LogP contribution in [0.3, 0.4) is 0 Å². The highest BCUT2D eigenvalue weighted by molar-refractivity contribution is 5.78. The minimum Gasteiger partial charge on any atom is -0.484 e. The Bertz CT molecular complexity index is 684. The zero-order chi connectivity index (χ0) is 16.9. The summed E-state index contributed by atoms with van der Waals surface area (Å²) in [6.07, 6.45) is 1.89. The van der Waals surface area contributed by atoms with Crippen LogP contribution in [0.15, 0.2) is 36.5 Å². The second-order valence-electron chi connectivity index (χ2n) is 5.90. The first-order valence-electron chi connectivity index (χ1n) is 8.23. The molecule has 1 unspecified atom stereocenters. The molecule has 1 aromatic heterocycles. The van der Waals surface area contributed by atoms with E-state index in [0.29, 0.717) is 32.1 Å². The van der Waals surface area contributed by atoms with Crippen molar-refractivity contribution < 1.29 is 14.3 Å². The fourth-order valence-electron chi connectivity index (χ4n) is 2.97. The number of para-hydroxylation sites is 1. The number of carbonyl (C=O) groups is 1. The Kier molecular flexibility index (Phi) is 5.15. The van der Waals surface area contributed by atoms with E-state index in [1.165, 1.54) is 5.56 Å². The standard InChI is InChI=1S/C18H23N3O3/c1-3-23-12-14-10-21(11-17-16(14)9-19-20(17)2)18(22)13-24-15-7-5-4-6-8-15/h4-9,14H,3,10-13H2,1-2H3. The van der Waals surface area contributed by atoms with Crippen LogP contribution in [0.5, 0.6) is 5.75 Å². The van der Waals surface area contributed by atoms with Crippen molar-refractivity contribution in [2.45, 2.75) is 19.4 Å². The lowest BCUT2D eigenvalue weighted by Crippen LogP contribution is -2.42. The molecule has 0 fully saturated rings. The van der Waals surface area contributed by atoms with Crippen molar-refractivity contribution in [3.8, 4) is 5.75 Å². The molecule has 0 bridgehead atoms. The first-order chi connectivity index (χ1) is 11.7.